The Morgan fingerprint density at radius 2 is 0.674 bits per heavy atom. The predicted octanol–water partition coefficient (Wildman–Crippen LogP) is 22.4. The van der Waals surface area contributed by atoms with Gasteiger partial charge in [0.05, 0.1) is 59.3 Å². The predicted molar refractivity (Wildman–Crippen MR) is 526 cm³/mol. The van der Waals surface area contributed by atoms with Crippen LogP contribution >= 0.6 is 7.60 Å². The van der Waals surface area contributed by atoms with Gasteiger partial charge < -0.3 is 68.5 Å². The van der Waals surface area contributed by atoms with Crippen LogP contribution in [-0.4, -0.2) is 139 Å². The number of aromatic hydroxyl groups is 1. The molecule has 710 valence electrons. The molecule has 10 aromatic rings. The number of carbonyl (C=O) groups is 6. The van der Waals surface area contributed by atoms with Gasteiger partial charge in [0.25, 0.3) is 0 Å². The number of ketones is 2. The van der Waals surface area contributed by atoms with Gasteiger partial charge in [-0.05, 0) is 172 Å². The number of phenolic OH excluding ortho intramolecular Hbond substituents is 1. The summed E-state index contributed by atoms with van der Waals surface area (Å²) in [5.41, 5.74) is 9.62. The zero-order valence-corrected chi connectivity index (χ0v) is 79.5. The molecule has 0 saturated heterocycles. The van der Waals surface area contributed by atoms with E-state index < -0.39 is 25.5 Å². The van der Waals surface area contributed by atoms with Gasteiger partial charge >= 0.3 is 50.3 Å². The summed E-state index contributed by atoms with van der Waals surface area (Å²) < 4.78 is 54.4. The Kier molecular flexibility index (Phi) is 69.5. The normalized spacial score (nSPS) is 10.6. The molecule has 21 nitrogen and oxygen atoms in total. The van der Waals surface area contributed by atoms with Crippen LogP contribution in [0.3, 0.4) is 0 Å². The van der Waals surface area contributed by atoms with Crippen LogP contribution in [0.4, 0.5) is 0 Å². The van der Waals surface area contributed by atoms with Crippen molar-refractivity contribution < 1.29 is 121 Å². The molecule has 1 atom stereocenters. The molecule has 0 radical (unpaired) electrons. The number of ether oxygens (including phenoxy) is 6. The molecule has 0 aromatic heterocycles. The van der Waals surface area contributed by atoms with Gasteiger partial charge in [-0.1, -0.05) is 319 Å². The average Bonchev–Trinajstić information content (AvgIpc) is 0.842. The largest absolute Gasteiger partial charge is 1.00 e. The van der Waals surface area contributed by atoms with Crippen LogP contribution in [0, 0.1) is 0 Å². The summed E-state index contributed by atoms with van der Waals surface area (Å²) in [5, 5.41) is 43.4. The molecule has 0 spiro atoms. The minimum Gasteiger partial charge on any atom is -0.870 e. The second kappa shape index (κ2) is 76.1. The number of carboxylic acids is 2. The maximum Gasteiger partial charge on any atom is 1.00 e. The second-order valence-corrected chi connectivity index (χ2v) is 31.0. The standard InChI is InChI=1S/C22H26O3.C20H24O3.C20H22O3.C18H20O2.C13H10O2.C8H17O5P.C5H12O.C2H6O.CH4.Li.H2O/c1-3-5-9-15-25-20-14-10-13-19(16-20)21(17-22(23)24-4-2)18-11-7-6-8-12-18;2*1-2-3-7-13-23-18-12-8-11-17(14-18)19(15-20(21)22)16-9-5-4-6-10-16;1-2-3-7-13-20-17-12-8-11-16(14-17)18(19)15-9-5-4-6-10-15;14-12-8-4-7-11(9-12)13(15)10-5-2-1-3-6-10;1-4-11-8(9)7-14(10,12-5-2)13-6-3;1-2-3-4-5-6;1-2-3;;;/h6-8,10-14,16-17H,3-5,9,15H2,1-2H3;4-6,8-12,14,19H,2-3,7,13,15H2,1H3,(H,21,22);4-6,8-12,14-15H,2-3,7,13H2,1H3,(H,21,22);4-6,8-12,14H,2-3,7,13H2,1H3;1-9,14H;4-7H2,1-3H3;6H,2-5H2,1H3;3H,2H2,1H3;1H4;;1H2/q;;;;;;;;;+1;/p-1. The number of hydrogen-bond acceptors (Lipinski definition) is 19. The molecule has 0 heterocycles. The number of phenols is 1. The molecule has 132 heavy (non-hydrogen) atoms. The molecular weight excluding hydrogens is 1680 g/mol. The number of carboxylic acid groups (broad SMARTS) is 2. The van der Waals surface area contributed by atoms with Gasteiger partial charge in [0.15, 0.2) is 11.6 Å². The zero-order valence-electron chi connectivity index (χ0n) is 78.6. The molecule has 10 aromatic carbocycles. The summed E-state index contributed by atoms with van der Waals surface area (Å²) in [6.45, 7) is 23.8. The molecule has 0 bridgehead atoms. The summed E-state index contributed by atoms with van der Waals surface area (Å²) in [4.78, 5) is 69.7. The van der Waals surface area contributed by atoms with Crippen molar-refractivity contribution in [1.29, 1.82) is 0 Å². The van der Waals surface area contributed by atoms with Crippen molar-refractivity contribution in [3.8, 4) is 28.7 Å². The molecule has 0 aliphatic heterocycles. The second-order valence-electron chi connectivity index (χ2n) is 29.0. The number of aliphatic hydroxyl groups is 2. The Labute approximate surface area is 797 Å². The van der Waals surface area contributed by atoms with Crippen molar-refractivity contribution in [3.63, 3.8) is 0 Å². The van der Waals surface area contributed by atoms with E-state index in [-0.39, 0.29) is 100.0 Å². The fourth-order valence-corrected chi connectivity index (χ4v) is 13.7. The number of aliphatic hydroxyl groups excluding tert-OH is 2. The number of benzene rings is 10. The van der Waals surface area contributed by atoms with Crippen LogP contribution in [0.15, 0.2) is 285 Å². The van der Waals surface area contributed by atoms with E-state index in [1.165, 1.54) is 37.8 Å². The minimum absolute atomic E-state index is 0. The molecule has 0 aliphatic rings. The van der Waals surface area contributed by atoms with Crippen molar-refractivity contribution in [3.05, 3.63) is 341 Å². The van der Waals surface area contributed by atoms with Crippen LogP contribution in [-0.2, 0) is 42.3 Å². The van der Waals surface area contributed by atoms with Gasteiger partial charge in [-0.3, -0.25) is 23.7 Å². The minimum atomic E-state index is -3.28. The maximum atomic E-state index is 12.3. The number of carbonyl (C=O) groups excluding carboxylic acids is 4. The van der Waals surface area contributed by atoms with Crippen LogP contribution < -0.4 is 37.8 Å². The Balaban J connectivity index is 0.00000154. The van der Waals surface area contributed by atoms with Gasteiger partial charge in [-0.15, -0.1) is 0 Å². The van der Waals surface area contributed by atoms with Gasteiger partial charge in [0.1, 0.15) is 34.9 Å². The Bertz CT molecular complexity index is 4810. The van der Waals surface area contributed by atoms with Gasteiger partial charge in [0.2, 0.25) is 0 Å². The van der Waals surface area contributed by atoms with Crippen LogP contribution in [0.25, 0.3) is 11.1 Å². The Hall–Kier alpha value is -11.5. The zero-order chi connectivity index (χ0) is 94.3. The first kappa shape index (κ1) is 121. The summed E-state index contributed by atoms with van der Waals surface area (Å²) in [6, 6.07) is 84.5. The van der Waals surface area contributed by atoms with E-state index in [9.17, 15) is 43.5 Å². The van der Waals surface area contributed by atoms with Crippen molar-refractivity contribution in [1.82, 2.24) is 0 Å². The molecule has 1 unspecified atom stereocenters. The molecule has 0 aliphatic carbocycles. The molecule has 0 saturated carbocycles. The SMILES string of the molecule is C.CCCCCO.CCCCCOc1cccc(C(=CC(=O)O)c2ccccc2)c1.CCCCCOc1cccc(C(=CC(=O)OCC)c2ccccc2)c1.CCCCCOc1cccc(C(=O)c2ccccc2)c1.CCCCCOc1cccc(C(CC(=O)O)c2ccccc2)c1.CCO.CCOC(=O)CP(=O)(OCC)OCC.O=C(c1ccccc1)c1cccc(O)c1.[Li+].[OH-]. The average molecular weight is 1830 g/mol. The smallest absolute Gasteiger partial charge is 0.870 e. The monoisotopic (exact) mass is 1820 g/mol. The molecule has 6 N–H and O–H groups in total. The summed E-state index contributed by atoms with van der Waals surface area (Å²) >= 11 is 0. The first-order chi connectivity index (χ1) is 62.6. The van der Waals surface area contributed by atoms with Gasteiger partial charge in [-0.25, -0.2) is 9.59 Å². The van der Waals surface area contributed by atoms with Gasteiger partial charge in [0, 0.05) is 53.5 Å². The summed E-state index contributed by atoms with van der Waals surface area (Å²) in [7, 11) is -3.28. The first-order valence-electron chi connectivity index (χ1n) is 45.0. The Morgan fingerprint density at radius 1 is 0.356 bits per heavy atom. The number of aliphatic carboxylic acids is 2. The third kappa shape index (κ3) is 52.5. The molecule has 0 fully saturated rings. The van der Waals surface area contributed by atoms with E-state index in [2.05, 4.69) is 39.4 Å². The number of esters is 2. The Morgan fingerprint density at radius 3 is 1.02 bits per heavy atom. The van der Waals surface area contributed by atoms with Gasteiger partial charge in [-0.2, -0.15) is 0 Å². The third-order valence-electron chi connectivity index (χ3n) is 18.5. The fourth-order valence-electron chi connectivity index (χ4n) is 12.2. The number of unbranched alkanes of at least 4 members (excludes halogenated alkanes) is 10. The summed E-state index contributed by atoms with van der Waals surface area (Å²) in [6.07, 6.45) is 19.3. The van der Waals surface area contributed by atoms with E-state index in [4.69, 9.17) is 48.1 Å². The van der Waals surface area contributed by atoms with E-state index >= 15 is 0 Å². The van der Waals surface area contributed by atoms with E-state index in [1.54, 1.807) is 71.0 Å². The summed E-state index contributed by atoms with van der Waals surface area (Å²) in [5.74, 6) is 0.415. The van der Waals surface area contributed by atoms with Crippen molar-refractivity contribution in [2.45, 2.75) is 185 Å². The van der Waals surface area contributed by atoms with Crippen LogP contribution in [0.1, 0.15) is 251 Å². The van der Waals surface area contributed by atoms with Crippen molar-refractivity contribution in [2.75, 3.05) is 72.2 Å². The van der Waals surface area contributed by atoms with Crippen LogP contribution in [0.5, 0.6) is 28.7 Å². The number of hydrogen-bond donors (Lipinski definition) is 5. The van der Waals surface area contributed by atoms with E-state index in [0.717, 1.165) is 133 Å². The molecule has 10 rings (SSSR count). The quantitative estimate of drug-likeness (QED) is 0.00591. The number of rotatable bonds is 45. The van der Waals surface area contributed by atoms with E-state index in [0.29, 0.717) is 67.5 Å². The third-order valence-corrected chi connectivity index (χ3v) is 20.5. The first-order valence-corrected chi connectivity index (χ1v) is 46.7. The van der Waals surface area contributed by atoms with Crippen molar-refractivity contribution in [2.24, 2.45) is 0 Å². The van der Waals surface area contributed by atoms with Crippen molar-refractivity contribution >= 4 is 54.2 Å². The van der Waals surface area contributed by atoms with Crippen LogP contribution in [0.2, 0.25) is 0 Å². The fraction of sp³-hybridized carbons (Fsp3) is 0.358. The molecular formula is C109H142LiO21P. The maximum absolute atomic E-state index is 12.3. The van der Waals surface area contributed by atoms with E-state index in [1.807, 2.05) is 237 Å². The molecule has 23 heteroatoms. The molecule has 0 amide bonds. The topological polar surface area (TPSA) is 324 Å².